The molecule has 1 N–H and O–H groups in total. The number of carbonyl (C=O) groups is 2. The fourth-order valence-electron chi connectivity index (χ4n) is 2.44. The Balaban J connectivity index is 1.74. The SMILES string of the molecule is CCOc1ccccc1OCCC(=O)OCC(=O)Nc1c(C)nn(C)c1C. The molecule has 0 spiro atoms. The summed E-state index contributed by atoms with van der Waals surface area (Å²) >= 11 is 0. The molecule has 0 aliphatic carbocycles. The molecular weight excluding hydrogens is 350 g/mol. The monoisotopic (exact) mass is 375 g/mol. The zero-order chi connectivity index (χ0) is 19.8. The molecule has 1 amide bonds. The number of benzene rings is 1. The highest BCUT2D eigenvalue weighted by atomic mass is 16.5. The maximum atomic E-state index is 12.0. The van der Waals surface area contributed by atoms with Crippen molar-refractivity contribution in [3.8, 4) is 11.5 Å². The Morgan fingerprint density at radius 2 is 1.81 bits per heavy atom. The van der Waals surface area contributed by atoms with Gasteiger partial charge in [0.25, 0.3) is 5.91 Å². The molecule has 2 aromatic rings. The number of carbonyl (C=O) groups excluding carboxylic acids is 2. The number of ether oxygens (including phenoxy) is 3. The second-order valence-corrected chi connectivity index (χ2v) is 5.86. The average molecular weight is 375 g/mol. The molecule has 8 nitrogen and oxygen atoms in total. The third-order valence-corrected chi connectivity index (χ3v) is 3.85. The number of rotatable bonds is 9. The maximum absolute atomic E-state index is 12.0. The highest BCUT2D eigenvalue weighted by Crippen LogP contribution is 2.26. The van der Waals surface area contributed by atoms with E-state index in [1.54, 1.807) is 30.8 Å². The maximum Gasteiger partial charge on any atom is 0.309 e. The quantitative estimate of drug-likeness (QED) is 0.677. The molecule has 146 valence electrons. The molecule has 0 saturated heterocycles. The van der Waals surface area contributed by atoms with Crippen molar-refractivity contribution >= 4 is 17.6 Å². The Bertz CT molecular complexity index is 801. The minimum absolute atomic E-state index is 0.0265. The van der Waals surface area contributed by atoms with Gasteiger partial charge in [0.05, 0.1) is 36.7 Å². The Morgan fingerprint density at radius 1 is 1.15 bits per heavy atom. The molecule has 8 heteroatoms. The predicted octanol–water partition coefficient (Wildman–Crippen LogP) is 2.39. The van der Waals surface area contributed by atoms with Crippen LogP contribution in [0.3, 0.4) is 0 Å². The lowest BCUT2D eigenvalue weighted by molar-refractivity contribution is -0.147. The summed E-state index contributed by atoms with van der Waals surface area (Å²) < 4.78 is 17.7. The number of nitrogens with one attached hydrogen (secondary N) is 1. The van der Waals surface area contributed by atoms with Crippen LogP contribution < -0.4 is 14.8 Å². The van der Waals surface area contributed by atoms with Gasteiger partial charge >= 0.3 is 5.97 Å². The molecule has 0 aliphatic heterocycles. The van der Waals surface area contributed by atoms with E-state index in [0.29, 0.717) is 29.5 Å². The van der Waals surface area contributed by atoms with Gasteiger partial charge in [-0.3, -0.25) is 14.3 Å². The van der Waals surface area contributed by atoms with E-state index in [9.17, 15) is 9.59 Å². The molecule has 0 saturated carbocycles. The zero-order valence-electron chi connectivity index (χ0n) is 16.1. The topological polar surface area (TPSA) is 91.7 Å². The highest BCUT2D eigenvalue weighted by Gasteiger charge is 2.14. The highest BCUT2D eigenvalue weighted by molar-refractivity contribution is 5.93. The number of para-hydroxylation sites is 2. The second-order valence-electron chi connectivity index (χ2n) is 5.86. The molecule has 0 atom stereocenters. The normalized spacial score (nSPS) is 10.4. The van der Waals surface area contributed by atoms with Crippen molar-refractivity contribution in [2.24, 2.45) is 7.05 Å². The van der Waals surface area contributed by atoms with Crippen molar-refractivity contribution in [2.45, 2.75) is 27.2 Å². The lowest BCUT2D eigenvalue weighted by Gasteiger charge is -2.11. The fraction of sp³-hybridized carbons (Fsp3) is 0.421. The van der Waals surface area contributed by atoms with E-state index in [4.69, 9.17) is 14.2 Å². The smallest absolute Gasteiger partial charge is 0.309 e. The summed E-state index contributed by atoms with van der Waals surface area (Å²) in [6, 6.07) is 7.23. The van der Waals surface area contributed by atoms with E-state index in [2.05, 4.69) is 10.4 Å². The Morgan fingerprint density at radius 3 is 2.41 bits per heavy atom. The van der Waals surface area contributed by atoms with Gasteiger partial charge in [-0.2, -0.15) is 5.10 Å². The number of aromatic nitrogens is 2. The van der Waals surface area contributed by atoms with Gasteiger partial charge in [-0.05, 0) is 32.9 Å². The molecular formula is C19H25N3O5. The van der Waals surface area contributed by atoms with E-state index in [1.165, 1.54) is 0 Å². The van der Waals surface area contributed by atoms with E-state index >= 15 is 0 Å². The van der Waals surface area contributed by atoms with Crippen molar-refractivity contribution in [1.29, 1.82) is 0 Å². The van der Waals surface area contributed by atoms with E-state index in [0.717, 1.165) is 5.69 Å². The summed E-state index contributed by atoms with van der Waals surface area (Å²) in [6.07, 6.45) is 0.0265. The molecule has 1 aromatic heterocycles. The van der Waals surface area contributed by atoms with Crippen molar-refractivity contribution in [2.75, 3.05) is 25.1 Å². The third-order valence-electron chi connectivity index (χ3n) is 3.85. The summed E-state index contributed by atoms with van der Waals surface area (Å²) in [5, 5.41) is 6.93. The molecule has 1 aromatic carbocycles. The summed E-state index contributed by atoms with van der Waals surface area (Å²) in [5.41, 5.74) is 2.17. The number of amides is 1. The molecule has 0 unspecified atom stereocenters. The molecule has 1 heterocycles. The minimum atomic E-state index is -0.515. The van der Waals surface area contributed by atoms with Crippen LogP contribution in [0.1, 0.15) is 24.7 Å². The van der Waals surface area contributed by atoms with Crippen molar-refractivity contribution in [3.05, 3.63) is 35.7 Å². The standard InChI is InChI=1S/C19H25N3O5/c1-5-25-15-8-6-7-9-16(15)26-11-10-18(24)27-12-17(23)20-19-13(2)21-22(4)14(19)3/h6-9H,5,10-12H2,1-4H3,(H,20,23). The lowest BCUT2D eigenvalue weighted by atomic mass is 10.3. The summed E-state index contributed by atoms with van der Waals surface area (Å²) in [7, 11) is 1.79. The first kappa shape index (κ1) is 20.3. The predicted molar refractivity (Wildman–Crippen MR) is 100.0 cm³/mol. The van der Waals surface area contributed by atoms with Gasteiger partial charge in [0.15, 0.2) is 18.1 Å². The molecule has 0 bridgehead atoms. The fourth-order valence-corrected chi connectivity index (χ4v) is 2.44. The van der Waals surface area contributed by atoms with Gasteiger partial charge in [-0.15, -0.1) is 0 Å². The molecule has 27 heavy (non-hydrogen) atoms. The number of nitrogens with zero attached hydrogens (tertiary/aromatic N) is 2. The second kappa shape index (κ2) is 9.61. The lowest BCUT2D eigenvalue weighted by Crippen LogP contribution is -2.22. The Labute approximate surface area is 158 Å². The minimum Gasteiger partial charge on any atom is -0.490 e. The van der Waals surface area contributed by atoms with Crippen LogP contribution in [0, 0.1) is 13.8 Å². The summed E-state index contributed by atoms with van der Waals surface area (Å²) in [5.74, 6) is 0.256. The molecule has 0 radical (unpaired) electrons. The Kier molecular flexibility index (Phi) is 7.22. The van der Waals surface area contributed by atoms with Crippen LogP contribution in [0.4, 0.5) is 5.69 Å². The zero-order valence-corrected chi connectivity index (χ0v) is 16.1. The number of aryl methyl sites for hydroxylation is 2. The van der Waals surface area contributed by atoms with Crippen LogP contribution in [0.25, 0.3) is 0 Å². The number of esters is 1. The van der Waals surface area contributed by atoms with Gasteiger partial charge in [-0.1, -0.05) is 12.1 Å². The summed E-state index contributed by atoms with van der Waals surface area (Å²) in [6.45, 7) is 5.82. The van der Waals surface area contributed by atoms with Gasteiger partial charge in [0.2, 0.25) is 0 Å². The largest absolute Gasteiger partial charge is 0.490 e. The molecule has 0 aliphatic rings. The first-order valence-corrected chi connectivity index (χ1v) is 8.72. The van der Waals surface area contributed by atoms with Crippen LogP contribution in [-0.2, 0) is 21.4 Å². The van der Waals surface area contributed by atoms with Crippen LogP contribution in [-0.4, -0.2) is 41.5 Å². The van der Waals surface area contributed by atoms with Crippen LogP contribution >= 0.6 is 0 Å². The average Bonchev–Trinajstić information content (AvgIpc) is 2.88. The van der Waals surface area contributed by atoms with E-state index in [-0.39, 0.29) is 19.6 Å². The number of anilines is 1. The molecule has 0 fully saturated rings. The van der Waals surface area contributed by atoms with Gasteiger partial charge in [0.1, 0.15) is 0 Å². The van der Waals surface area contributed by atoms with Gasteiger partial charge < -0.3 is 19.5 Å². The Hall–Kier alpha value is -3.03. The summed E-state index contributed by atoms with van der Waals surface area (Å²) in [4.78, 5) is 23.8. The third kappa shape index (κ3) is 5.73. The van der Waals surface area contributed by atoms with Gasteiger partial charge in [0, 0.05) is 7.05 Å². The first-order chi connectivity index (χ1) is 12.9. The van der Waals surface area contributed by atoms with Crippen molar-refractivity contribution in [1.82, 2.24) is 9.78 Å². The van der Waals surface area contributed by atoms with Crippen molar-refractivity contribution < 1.29 is 23.8 Å². The van der Waals surface area contributed by atoms with Crippen molar-refractivity contribution in [3.63, 3.8) is 0 Å². The number of hydrogen-bond donors (Lipinski definition) is 1. The van der Waals surface area contributed by atoms with E-state index in [1.807, 2.05) is 26.0 Å². The van der Waals surface area contributed by atoms with E-state index < -0.39 is 11.9 Å². The van der Waals surface area contributed by atoms with Crippen LogP contribution in [0.15, 0.2) is 24.3 Å². The molecule has 2 rings (SSSR count). The van der Waals surface area contributed by atoms with Crippen LogP contribution in [0.5, 0.6) is 11.5 Å². The first-order valence-electron chi connectivity index (χ1n) is 8.72. The number of hydrogen-bond acceptors (Lipinski definition) is 6. The van der Waals surface area contributed by atoms with Gasteiger partial charge in [-0.25, -0.2) is 0 Å². The van der Waals surface area contributed by atoms with Crippen LogP contribution in [0.2, 0.25) is 0 Å².